The number of aliphatic hydroxyl groups excluding tert-OH is 1. The number of hydrogen-bond acceptors (Lipinski definition) is 6. The van der Waals surface area contributed by atoms with Gasteiger partial charge in [-0.05, 0) is 30.3 Å². The van der Waals surface area contributed by atoms with E-state index < -0.39 is 0 Å². The number of aliphatic hydroxyl groups is 1. The van der Waals surface area contributed by atoms with Crippen LogP contribution < -0.4 is 5.73 Å². The Hall–Kier alpha value is -0.170. The van der Waals surface area contributed by atoms with Crippen molar-refractivity contribution in [2.45, 2.75) is 28.5 Å². The first-order valence-corrected chi connectivity index (χ1v) is 6.26. The van der Waals surface area contributed by atoms with Crippen molar-refractivity contribution in [2.24, 2.45) is 11.7 Å². The van der Waals surface area contributed by atoms with Crippen LogP contribution >= 0.6 is 23.3 Å². The van der Waals surface area contributed by atoms with Crippen LogP contribution in [-0.2, 0) is 0 Å². The molecule has 6 heteroatoms. The Morgan fingerprint density at radius 1 is 1.71 bits per heavy atom. The van der Waals surface area contributed by atoms with E-state index >= 15 is 0 Å². The summed E-state index contributed by atoms with van der Waals surface area (Å²) in [5, 5.41) is 9.29. The van der Waals surface area contributed by atoms with E-state index in [-0.39, 0.29) is 17.9 Å². The molecule has 0 saturated heterocycles. The fourth-order valence-corrected chi connectivity index (χ4v) is 3.14. The molecular formula is C8H13N3OS2. The van der Waals surface area contributed by atoms with Gasteiger partial charge in [0, 0.05) is 6.04 Å². The van der Waals surface area contributed by atoms with Gasteiger partial charge >= 0.3 is 0 Å². The smallest absolute Gasteiger partial charge is 0.170 e. The van der Waals surface area contributed by atoms with Crippen LogP contribution in [-0.4, -0.2) is 32.4 Å². The maximum Gasteiger partial charge on any atom is 0.170 e. The minimum Gasteiger partial charge on any atom is -0.395 e. The summed E-state index contributed by atoms with van der Waals surface area (Å²) in [6.07, 6.45) is 3.94. The van der Waals surface area contributed by atoms with Gasteiger partial charge in [-0.2, -0.15) is 4.37 Å². The molecule has 1 aliphatic rings. The molecule has 1 heterocycles. The largest absolute Gasteiger partial charge is 0.395 e. The average molecular weight is 231 g/mol. The molecule has 0 aromatic carbocycles. The van der Waals surface area contributed by atoms with E-state index in [1.54, 1.807) is 11.8 Å². The highest BCUT2D eigenvalue weighted by Gasteiger charge is 2.34. The second kappa shape index (κ2) is 4.57. The van der Waals surface area contributed by atoms with Gasteiger partial charge < -0.3 is 10.8 Å². The second-order valence-electron chi connectivity index (χ2n) is 3.46. The van der Waals surface area contributed by atoms with Gasteiger partial charge in [0.25, 0.3) is 0 Å². The summed E-state index contributed by atoms with van der Waals surface area (Å²) < 4.78 is 4.81. The lowest BCUT2D eigenvalue weighted by molar-refractivity contribution is 0.277. The molecule has 1 aromatic rings. The van der Waals surface area contributed by atoms with E-state index in [2.05, 4.69) is 9.36 Å². The zero-order chi connectivity index (χ0) is 9.97. The van der Waals surface area contributed by atoms with Crippen molar-refractivity contribution in [1.82, 2.24) is 9.36 Å². The number of rotatable bonds is 5. The molecule has 0 amide bonds. The maximum atomic E-state index is 9.23. The molecule has 14 heavy (non-hydrogen) atoms. The predicted molar refractivity (Wildman–Crippen MR) is 57.3 cm³/mol. The average Bonchev–Trinajstić information content (AvgIpc) is 2.93. The van der Waals surface area contributed by atoms with Crippen LogP contribution in [0.25, 0.3) is 0 Å². The van der Waals surface area contributed by atoms with Gasteiger partial charge in [-0.25, -0.2) is 4.98 Å². The van der Waals surface area contributed by atoms with Crippen LogP contribution in [0.5, 0.6) is 0 Å². The van der Waals surface area contributed by atoms with Gasteiger partial charge in [-0.15, -0.1) is 0 Å². The maximum absolute atomic E-state index is 9.23. The van der Waals surface area contributed by atoms with Crippen LogP contribution in [0.1, 0.15) is 12.8 Å². The molecule has 0 bridgehead atoms. The van der Waals surface area contributed by atoms with E-state index in [9.17, 15) is 5.11 Å². The zero-order valence-corrected chi connectivity index (χ0v) is 9.30. The number of nitrogens with two attached hydrogens (primary N) is 1. The van der Waals surface area contributed by atoms with Crippen LogP contribution in [0.15, 0.2) is 10.7 Å². The topological polar surface area (TPSA) is 72.0 Å². The van der Waals surface area contributed by atoms with Crippen molar-refractivity contribution in [3.63, 3.8) is 0 Å². The molecule has 0 radical (unpaired) electrons. The molecule has 3 N–H and O–H groups in total. The monoisotopic (exact) mass is 231 g/mol. The van der Waals surface area contributed by atoms with Crippen LogP contribution in [0.2, 0.25) is 0 Å². The summed E-state index contributed by atoms with van der Waals surface area (Å²) in [6.45, 7) is 0.113. The quantitative estimate of drug-likeness (QED) is 0.731. The molecular weight excluding hydrogens is 218 g/mol. The number of nitrogens with zero attached hydrogens (tertiary/aromatic N) is 2. The molecule has 2 unspecified atom stereocenters. The van der Waals surface area contributed by atoms with Crippen LogP contribution in [0.4, 0.5) is 0 Å². The van der Waals surface area contributed by atoms with Gasteiger partial charge in [0.2, 0.25) is 0 Å². The number of thioether (sulfide) groups is 1. The van der Waals surface area contributed by atoms with E-state index in [0.717, 1.165) is 4.34 Å². The van der Waals surface area contributed by atoms with E-state index in [4.69, 9.17) is 5.73 Å². The van der Waals surface area contributed by atoms with Crippen molar-refractivity contribution in [3.05, 3.63) is 6.33 Å². The Kier molecular flexibility index (Phi) is 3.38. The Balaban J connectivity index is 1.92. The van der Waals surface area contributed by atoms with Gasteiger partial charge in [-0.3, -0.25) is 0 Å². The van der Waals surface area contributed by atoms with E-state index in [1.807, 2.05) is 0 Å². The lowest BCUT2D eigenvalue weighted by Gasteiger charge is -2.19. The molecule has 1 aromatic heterocycles. The summed E-state index contributed by atoms with van der Waals surface area (Å²) in [7, 11) is 0. The standard InChI is InChI=1S/C8H13N3OS2/c9-7(5-1-2-5)6(3-12)13-8-10-4-11-14-8/h4-7,12H,1-3,9H2. The molecule has 0 aliphatic heterocycles. The van der Waals surface area contributed by atoms with Gasteiger partial charge in [0.05, 0.1) is 11.9 Å². The zero-order valence-electron chi connectivity index (χ0n) is 7.67. The fraction of sp³-hybridized carbons (Fsp3) is 0.750. The third-order valence-corrected chi connectivity index (χ3v) is 4.42. The predicted octanol–water partition coefficient (Wildman–Crippen LogP) is 0.728. The lowest BCUT2D eigenvalue weighted by atomic mass is 10.1. The highest BCUT2D eigenvalue weighted by Crippen LogP contribution is 2.37. The first-order valence-electron chi connectivity index (χ1n) is 4.61. The highest BCUT2D eigenvalue weighted by molar-refractivity contribution is 8.01. The molecule has 78 valence electrons. The number of aromatic nitrogens is 2. The van der Waals surface area contributed by atoms with Gasteiger partial charge in [0.15, 0.2) is 4.34 Å². The first kappa shape index (κ1) is 10.4. The Morgan fingerprint density at radius 2 is 2.50 bits per heavy atom. The Bertz CT molecular complexity index is 276. The summed E-state index contributed by atoms with van der Waals surface area (Å²) in [4.78, 5) is 4.07. The minimum absolute atomic E-state index is 0.0652. The van der Waals surface area contributed by atoms with Gasteiger partial charge in [-0.1, -0.05) is 11.8 Å². The van der Waals surface area contributed by atoms with Crippen molar-refractivity contribution in [2.75, 3.05) is 6.61 Å². The third kappa shape index (κ3) is 2.44. The minimum atomic E-state index is 0.0652. The number of hydrogen-bond donors (Lipinski definition) is 2. The normalized spacial score (nSPS) is 20.7. The molecule has 2 rings (SSSR count). The fourth-order valence-electron chi connectivity index (χ4n) is 1.37. The molecule has 0 spiro atoms. The highest BCUT2D eigenvalue weighted by atomic mass is 32.2. The molecule has 4 nitrogen and oxygen atoms in total. The summed E-state index contributed by atoms with van der Waals surface area (Å²) >= 11 is 2.89. The Morgan fingerprint density at radius 3 is 3.00 bits per heavy atom. The van der Waals surface area contributed by atoms with Crippen molar-refractivity contribution >= 4 is 23.3 Å². The van der Waals surface area contributed by atoms with Crippen molar-refractivity contribution in [3.8, 4) is 0 Å². The summed E-state index contributed by atoms with van der Waals surface area (Å²) in [5.41, 5.74) is 6.03. The first-order chi connectivity index (χ1) is 6.81. The molecule has 1 aliphatic carbocycles. The Labute approximate surface area is 91.1 Å². The van der Waals surface area contributed by atoms with Crippen LogP contribution in [0, 0.1) is 5.92 Å². The summed E-state index contributed by atoms with van der Waals surface area (Å²) in [6, 6.07) is 0.0916. The molecule has 2 atom stereocenters. The molecule has 1 fully saturated rings. The summed E-state index contributed by atoms with van der Waals surface area (Å²) in [5.74, 6) is 0.604. The second-order valence-corrected chi connectivity index (χ2v) is 5.73. The molecule has 1 saturated carbocycles. The van der Waals surface area contributed by atoms with E-state index in [0.29, 0.717) is 5.92 Å². The van der Waals surface area contributed by atoms with E-state index in [1.165, 1.54) is 30.7 Å². The van der Waals surface area contributed by atoms with Crippen molar-refractivity contribution < 1.29 is 5.11 Å². The SMILES string of the molecule is NC(C1CC1)C(CO)Sc1ncns1. The van der Waals surface area contributed by atoms with Gasteiger partial charge in [0.1, 0.15) is 6.33 Å². The lowest BCUT2D eigenvalue weighted by Crippen LogP contribution is -2.36. The van der Waals surface area contributed by atoms with Crippen molar-refractivity contribution in [1.29, 1.82) is 0 Å². The third-order valence-electron chi connectivity index (χ3n) is 2.37. The van der Waals surface area contributed by atoms with Crippen LogP contribution in [0.3, 0.4) is 0 Å².